The molecule has 4 heterocycles. The molecule has 1 aliphatic carbocycles. The second-order valence-corrected chi connectivity index (χ2v) is 13.9. The van der Waals surface area contributed by atoms with Gasteiger partial charge >= 0.3 is 6.09 Å². The van der Waals surface area contributed by atoms with Crippen molar-refractivity contribution in [2.45, 2.75) is 121 Å². The summed E-state index contributed by atoms with van der Waals surface area (Å²) < 4.78 is 29.2. The van der Waals surface area contributed by atoms with Crippen LogP contribution >= 0.6 is 0 Å². The highest BCUT2D eigenvalue weighted by Crippen LogP contribution is 2.46. The maximum absolute atomic E-state index is 12.6. The molecule has 5 aliphatic rings. The number of nitrogens with one attached hydrogen (secondary N) is 1. The van der Waals surface area contributed by atoms with Gasteiger partial charge in [0.05, 0.1) is 43.2 Å². The van der Waals surface area contributed by atoms with Crippen molar-refractivity contribution in [3.05, 3.63) is 36.0 Å². The lowest BCUT2D eigenvalue weighted by Crippen LogP contribution is -2.52. The summed E-state index contributed by atoms with van der Waals surface area (Å²) in [6.45, 7) is 12.8. The minimum Gasteiger partial charge on any atom is -0.442 e. The number of ether oxygens (including phenoxy) is 5. The van der Waals surface area contributed by atoms with Gasteiger partial charge in [-0.2, -0.15) is 0 Å². The summed E-state index contributed by atoms with van der Waals surface area (Å²) in [7, 11) is 0. The number of carbonyl (C=O) groups is 2. The lowest BCUT2D eigenvalue weighted by atomic mass is 9.85. The highest BCUT2D eigenvalue weighted by molar-refractivity contribution is 5.87. The van der Waals surface area contributed by atoms with Crippen LogP contribution in [0.2, 0.25) is 0 Å². The maximum atomic E-state index is 12.6. The van der Waals surface area contributed by atoms with Crippen LogP contribution in [-0.4, -0.2) is 110 Å². The molecule has 5 rings (SSSR count). The largest absolute Gasteiger partial charge is 0.442 e. The predicted molar refractivity (Wildman–Crippen MR) is 167 cm³/mol. The van der Waals surface area contributed by atoms with Crippen LogP contribution in [0.5, 0.6) is 0 Å². The fourth-order valence-electron chi connectivity index (χ4n) is 6.97. The molecule has 0 aromatic carbocycles. The molecule has 2 amide bonds. The molecule has 4 saturated heterocycles. The van der Waals surface area contributed by atoms with Crippen molar-refractivity contribution in [1.29, 1.82) is 0 Å². The number of hydrogen-bond donors (Lipinski definition) is 1. The number of nitrogens with zero attached hydrogens (tertiary/aromatic N) is 2. The molecule has 1 saturated carbocycles. The fourth-order valence-corrected chi connectivity index (χ4v) is 6.97. The summed E-state index contributed by atoms with van der Waals surface area (Å²) in [6, 6.07) is 0.429. The number of allylic oxidation sites excluding steroid dienone is 2. The number of amides is 2. The topological polar surface area (TPSA) is 102 Å². The minimum absolute atomic E-state index is 0.00875. The van der Waals surface area contributed by atoms with E-state index in [1.54, 1.807) is 17.9 Å². The Kier molecular flexibility index (Phi) is 11.2. The van der Waals surface area contributed by atoms with Crippen LogP contribution in [0.4, 0.5) is 4.79 Å². The Morgan fingerprint density at radius 1 is 1.05 bits per heavy atom. The van der Waals surface area contributed by atoms with E-state index in [-0.39, 0.29) is 41.6 Å². The Labute approximate surface area is 263 Å². The van der Waals surface area contributed by atoms with Crippen LogP contribution in [-0.2, 0) is 28.5 Å². The molecule has 0 aromatic heterocycles. The first-order valence-electron chi connectivity index (χ1n) is 16.7. The number of epoxide rings is 1. The molecule has 10 nitrogen and oxygen atoms in total. The van der Waals surface area contributed by atoms with Gasteiger partial charge in [0, 0.05) is 57.6 Å². The molecule has 3 atom stereocenters. The van der Waals surface area contributed by atoms with E-state index in [0.717, 1.165) is 38.1 Å². The van der Waals surface area contributed by atoms with E-state index in [4.69, 9.17) is 23.7 Å². The zero-order chi connectivity index (χ0) is 31.2. The van der Waals surface area contributed by atoms with E-state index in [9.17, 15) is 9.59 Å². The molecule has 0 radical (unpaired) electrons. The van der Waals surface area contributed by atoms with Gasteiger partial charge in [0.25, 0.3) is 0 Å². The SMILES string of the molecule is CC(/C=C/[C@@H]1C[C@]2(CO2)CC(C)(C)O1)=C\CC1OCC(NC(=O)/C=C\[C@H](C)OC(=O)N2CCN(C3CCCCC3)CC2)CO1. The van der Waals surface area contributed by atoms with Gasteiger partial charge < -0.3 is 33.9 Å². The Morgan fingerprint density at radius 2 is 1.75 bits per heavy atom. The summed E-state index contributed by atoms with van der Waals surface area (Å²) in [6.07, 6.45) is 17.2. The van der Waals surface area contributed by atoms with Crippen molar-refractivity contribution >= 4 is 12.0 Å². The van der Waals surface area contributed by atoms with E-state index in [1.807, 2.05) is 0 Å². The van der Waals surface area contributed by atoms with Gasteiger partial charge in [-0.05, 0) is 46.6 Å². The van der Waals surface area contributed by atoms with E-state index in [1.165, 1.54) is 38.2 Å². The molecule has 1 N–H and O–H groups in total. The van der Waals surface area contributed by atoms with Crippen LogP contribution in [0.3, 0.4) is 0 Å². The molecule has 4 aliphatic heterocycles. The van der Waals surface area contributed by atoms with E-state index in [2.05, 4.69) is 49.2 Å². The maximum Gasteiger partial charge on any atom is 0.410 e. The summed E-state index contributed by atoms with van der Waals surface area (Å²) in [4.78, 5) is 29.4. The lowest BCUT2D eigenvalue weighted by Gasteiger charge is -2.40. The molecule has 10 heteroatoms. The molecule has 0 bridgehead atoms. The third-order valence-corrected chi connectivity index (χ3v) is 9.33. The van der Waals surface area contributed by atoms with Gasteiger partial charge in [0.2, 0.25) is 5.91 Å². The quantitative estimate of drug-likeness (QED) is 0.230. The van der Waals surface area contributed by atoms with Gasteiger partial charge in [-0.1, -0.05) is 43.1 Å². The lowest BCUT2D eigenvalue weighted by molar-refractivity contribution is -0.187. The minimum atomic E-state index is -0.503. The average molecular weight is 616 g/mol. The first-order valence-corrected chi connectivity index (χ1v) is 16.7. The Morgan fingerprint density at radius 3 is 2.43 bits per heavy atom. The highest BCUT2D eigenvalue weighted by Gasteiger charge is 2.53. The standard InChI is InChI=1S/C34H53N3O7/c1-25(10-13-29-20-34(24-42-34)23-33(3,4)44-29)11-15-31-40-21-27(22-41-31)35-30(38)14-12-26(2)43-32(39)37-18-16-36(17-19-37)28-8-6-5-7-9-28/h10-14,26-29,31H,5-9,15-24H2,1-4H3,(H,35,38)/b13-10+,14-12-,25-11+/t26-,27?,29+,31?,34+/m0/s1. The average Bonchev–Trinajstić information content (AvgIpc) is 3.75. The van der Waals surface area contributed by atoms with Crippen LogP contribution in [0.15, 0.2) is 36.0 Å². The first kappa shape index (κ1) is 33.1. The van der Waals surface area contributed by atoms with Crippen molar-refractivity contribution in [3.8, 4) is 0 Å². The van der Waals surface area contributed by atoms with Crippen molar-refractivity contribution in [1.82, 2.24) is 15.1 Å². The first-order chi connectivity index (χ1) is 21.1. The summed E-state index contributed by atoms with van der Waals surface area (Å²) in [5, 5.41) is 2.90. The number of hydrogen-bond acceptors (Lipinski definition) is 8. The van der Waals surface area contributed by atoms with Crippen molar-refractivity contribution < 1.29 is 33.3 Å². The van der Waals surface area contributed by atoms with E-state index >= 15 is 0 Å². The summed E-state index contributed by atoms with van der Waals surface area (Å²) in [5.74, 6) is -0.267. The normalized spacial score (nSPS) is 32.7. The molecule has 1 spiro atoms. The van der Waals surface area contributed by atoms with Crippen molar-refractivity contribution in [3.63, 3.8) is 0 Å². The van der Waals surface area contributed by atoms with Gasteiger partial charge in [0.1, 0.15) is 6.10 Å². The van der Waals surface area contributed by atoms with E-state index in [0.29, 0.717) is 38.8 Å². The van der Waals surface area contributed by atoms with Gasteiger partial charge in [-0.3, -0.25) is 9.69 Å². The highest BCUT2D eigenvalue weighted by atomic mass is 16.7. The molecule has 5 fully saturated rings. The van der Waals surface area contributed by atoms with Gasteiger partial charge in [-0.25, -0.2) is 4.79 Å². The van der Waals surface area contributed by atoms with Crippen LogP contribution in [0.25, 0.3) is 0 Å². The molecule has 44 heavy (non-hydrogen) atoms. The summed E-state index contributed by atoms with van der Waals surface area (Å²) >= 11 is 0. The zero-order valence-corrected chi connectivity index (χ0v) is 27.1. The number of piperazine rings is 1. The van der Waals surface area contributed by atoms with Gasteiger partial charge in [0.15, 0.2) is 6.29 Å². The Bertz CT molecular complexity index is 1060. The second-order valence-electron chi connectivity index (χ2n) is 13.9. The Hall–Kier alpha value is -2.24. The van der Waals surface area contributed by atoms with E-state index < -0.39 is 6.10 Å². The van der Waals surface area contributed by atoms with Gasteiger partial charge in [-0.15, -0.1) is 0 Å². The third-order valence-electron chi connectivity index (χ3n) is 9.33. The Balaban J connectivity index is 0.949. The second kappa shape index (κ2) is 14.9. The number of rotatable bonds is 9. The smallest absolute Gasteiger partial charge is 0.410 e. The zero-order valence-electron chi connectivity index (χ0n) is 27.1. The fraction of sp³-hybridized carbons (Fsp3) is 0.765. The summed E-state index contributed by atoms with van der Waals surface area (Å²) in [5.41, 5.74) is 0.948. The predicted octanol–water partition coefficient (Wildman–Crippen LogP) is 4.49. The monoisotopic (exact) mass is 615 g/mol. The number of carbonyl (C=O) groups excluding carboxylic acids is 2. The molecule has 0 unspecified atom stereocenters. The molecular formula is C34H53N3O7. The molecule has 246 valence electrons. The van der Waals surface area contributed by atoms with Crippen molar-refractivity contribution in [2.24, 2.45) is 0 Å². The third kappa shape index (κ3) is 9.88. The van der Waals surface area contributed by atoms with Crippen LogP contribution < -0.4 is 5.32 Å². The molecular weight excluding hydrogens is 562 g/mol. The van der Waals surface area contributed by atoms with Crippen LogP contribution in [0, 0.1) is 0 Å². The molecule has 0 aromatic rings. The van der Waals surface area contributed by atoms with Crippen molar-refractivity contribution in [2.75, 3.05) is 46.0 Å². The van der Waals surface area contributed by atoms with Crippen LogP contribution in [0.1, 0.15) is 79.1 Å².